The molecule has 0 aliphatic carbocycles. The number of hydrogen-bond donors (Lipinski definition) is 1. The lowest BCUT2D eigenvalue weighted by Gasteiger charge is -2.19. The van der Waals surface area contributed by atoms with Crippen molar-refractivity contribution < 1.29 is 9.90 Å². The Kier molecular flexibility index (Phi) is 2.46. The number of carbonyl (C=O) groups is 1. The molecule has 0 spiro atoms. The van der Waals surface area contributed by atoms with Crippen LogP contribution in [0.3, 0.4) is 0 Å². The van der Waals surface area contributed by atoms with E-state index in [9.17, 15) is 4.79 Å². The lowest BCUT2D eigenvalue weighted by atomic mass is 9.86. The number of benzene rings is 1. The van der Waals surface area contributed by atoms with Crippen LogP contribution in [-0.4, -0.2) is 16.1 Å². The normalized spacial score (nSPS) is 11.9. The molecule has 84 valence electrons. The average molecular weight is 235 g/mol. The fraction of sp³-hybridized carbons (Fsp3) is 0.333. The molecule has 1 heterocycles. The number of rotatable bonds is 1. The summed E-state index contributed by atoms with van der Waals surface area (Å²) < 4.78 is 0.935. The minimum absolute atomic E-state index is 0.0244. The topological polar surface area (TPSA) is 50.2 Å². The van der Waals surface area contributed by atoms with E-state index < -0.39 is 5.97 Å². The molecule has 0 aliphatic rings. The molecule has 2 rings (SSSR count). The summed E-state index contributed by atoms with van der Waals surface area (Å²) in [6.45, 7) is 6.30. The molecular weight excluding hydrogens is 222 g/mol. The summed E-state index contributed by atoms with van der Waals surface area (Å²) in [6, 6.07) is 5.87. The quantitative estimate of drug-likeness (QED) is 0.825. The third-order valence-electron chi connectivity index (χ3n) is 2.41. The maximum atomic E-state index is 10.9. The van der Waals surface area contributed by atoms with Crippen LogP contribution in [0.2, 0.25) is 0 Å². The Morgan fingerprint density at radius 3 is 2.62 bits per heavy atom. The van der Waals surface area contributed by atoms with Gasteiger partial charge in [-0.1, -0.05) is 32.9 Å². The van der Waals surface area contributed by atoms with Crippen molar-refractivity contribution in [2.24, 2.45) is 0 Å². The Morgan fingerprint density at radius 2 is 2.06 bits per heavy atom. The summed E-state index contributed by atoms with van der Waals surface area (Å²) in [5.74, 6) is -0.957. The zero-order valence-corrected chi connectivity index (χ0v) is 10.3. The van der Waals surface area contributed by atoms with Crippen molar-refractivity contribution >= 4 is 27.5 Å². The molecule has 0 fully saturated rings. The number of aromatic nitrogens is 1. The van der Waals surface area contributed by atoms with Crippen LogP contribution in [0.4, 0.5) is 0 Å². The van der Waals surface area contributed by atoms with Crippen molar-refractivity contribution in [3.63, 3.8) is 0 Å². The number of hydrogen-bond acceptors (Lipinski definition) is 3. The van der Waals surface area contributed by atoms with Crippen molar-refractivity contribution in [1.82, 2.24) is 4.98 Å². The number of thiazole rings is 1. The molecule has 0 radical (unpaired) electrons. The van der Waals surface area contributed by atoms with E-state index in [4.69, 9.17) is 5.11 Å². The fourth-order valence-corrected chi connectivity index (χ4v) is 2.48. The van der Waals surface area contributed by atoms with E-state index in [1.54, 1.807) is 0 Å². The summed E-state index contributed by atoms with van der Waals surface area (Å²) in [5, 5.41) is 9.09. The molecule has 2 aromatic rings. The van der Waals surface area contributed by atoms with Crippen LogP contribution in [-0.2, 0) is 5.41 Å². The van der Waals surface area contributed by atoms with Crippen molar-refractivity contribution in [2.75, 3.05) is 0 Å². The van der Waals surface area contributed by atoms with Crippen molar-refractivity contribution in [2.45, 2.75) is 26.2 Å². The van der Waals surface area contributed by atoms with Crippen LogP contribution in [0, 0.1) is 0 Å². The average Bonchev–Trinajstić information content (AvgIpc) is 2.58. The highest BCUT2D eigenvalue weighted by molar-refractivity contribution is 7.20. The highest BCUT2D eigenvalue weighted by atomic mass is 32.1. The van der Waals surface area contributed by atoms with Gasteiger partial charge < -0.3 is 5.11 Å². The molecule has 0 saturated carbocycles. The van der Waals surface area contributed by atoms with Crippen molar-refractivity contribution in [3.8, 4) is 0 Å². The van der Waals surface area contributed by atoms with Crippen molar-refractivity contribution in [1.29, 1.82) is 0 Å². The van der Waals surface area contributed by atoms with Gasteiger partial charge in [0.25, 0.3) is 0 Å². The number of carboxylic acids is 1. The summed E-state index contributed by atoms with van der Waals surface area (Å²) >= 11 is 1.22. The Hall–Kier alpha value is -1.42. The minimum atomic E-state index is -0.957. The van der Waals surface area contributed by atoms with Gasteiger partial charge in [0.15, 0.2) is 0 Å². The van der Waals surface area contributed by atoms with Gasteiger partial charge in [-0.25, -0.2) is 9.78 Å². The molecule has 1 N–H and O–H groups in total. The first-order valence-corrected chi connectivity index (χ1v) is 5.84. The number of fused-ring (bicyclic) bond motifs is 1. The SMILES string of the molecule is CC(C)(C)c1cccc2sc(C(=O)O)nc12. The third-order valence-corrected chi connectivity index (χ3v) is 3.42. The summed E-state index contributed by atoms with van der Waals surface area (Å²) in [7, 11) is 0. The predicted molar refractivity (Wildman–Crippen MR) is 65.3 cm³/mol. The second-order valence-corrected chi connectivity index (χ2v) is 5.76. The van der Waals surface area contributed by atoms with E-state index >= 15 is 0 Å². The lowest BCUT2D eigenvalue weighted by Crippen LogP contribution is -2.11. The molecule has 1 aromatic carbocycles. The second kappa shape index (κ2) is 3.56. The molecular formula is C12H13NO2S. The number of nitrogens with zero attached hydrogens (tertiary/aromatic N) is 1. The summed E-state index contributed by atoms with van der Waals surface area (Å²) in [4.78, 5) is 15.1. The van der Waals surface area contributed by atoms with Crippen LogP contribution in [0.25, 0.3) is 10.2 Å². The first kappa shape index (κ1) is 11.1. The number of para-hydroxylation sites is 1. The van der Waals surface area contributed by atoms with Crippen LogP contribution in [0.1, 0.15) is 36.1 Å². The van der Waals surface area contributed by atoms with Gasteiger partial charge in [0.1, 0.15) is 0 Å². The van der Waals surface area contributed by atoms with E-state index in [-0.39, 0.29) is 10.4 Å². The van der Waals surface area contributed by atoms with Crippen LogP contribution >= 0.6 is 11.3 Å². The number of carboxylic acid groups (broad SMARTS) is 1. The third kappa shape index (κ3) is 1.80. The summed E-state index contributed by atoms with van der Waals surface area (Å²) in [5.41, 5.74) is 1.88. The van der Waals surface area contributed by atoms with Gasteiger partial charge in [0.05, 0.1) is 10.2 Å². The zero-order valence-electron chi connectivity index (χ0n) is 9.44. The molecule has 1 aromatic heterocycles. The molecule has 0 bridgehead atoms. The fourth-order valence-electron chi connectivity index (χ4n) is 1.65. The maximum Gasteiger partial charge on any atom is 0.365 e. The molecule has 4 heteroatoms. The lowest BCUT2D eigenvalue weighted by molar-refractivity contribution is 0.0696. The van der Waals surface area contributed by atoms with E-state index in [1.807, 2.05) is 18.2 Å². The Labute approximate surface area is 97.8 Å². The molecule has 0 atom stereocenters. The molecule has 0 aliphatic heterocycles. The summed E-state index contributed by atoms with van der Waals surface area (Å²) in [6.07, 6.45) is 0. The smallest absolute Gasteiger partial charge is 0.365 e. The maximum absolute atomic E-state index is 10.9. The van der Waals surface area contributed by atoms with Gasteiger partial charge in [0, 0.05) is 0 Å². The van der Waals surface area contributed by atoms with Crippen LogP contribution in [0.5, 0.6) is 0 Å². The first-order valence-electron chi connectivity index (χ1n) is 5.03. The molecule has 0 unspecified atom stereocenters. The standard InChI is InChI=1S/C12H13NO2S/c1-12(2,3)7-5-4-6-8-9(7)13-10(16-8)11(14)15/h4-6H,1-3H3,(H,14,15). The predicted octanol–water partition coefficient (Wildman–Crippen LogP) is 3.29. The van der Waals surface area contributed by atoms with E-state index in [1.165, 1.54) is 11.3 Å². The van der Waals surface area contributed by atoms with Gasteiger partial charge in [-0.2, -0.15) is 0 Å². The van der Waals surface area contributed by atoms with Gasteiger partial charge >= 0.3 is 5.97 Å². The van der Waals surface area contributed by atoms with E-state index in [0.29, 0.717) is 0 Å². The highest BCUT2D eigenvalue weighted by Crippen LogP contribution is 2.32. The Bertz CT molecular complexity index is 552. The van der Waals surface area contributed by atoms with Gasteiger partial charge in [0.2, 0.25) is 5.01 Å². The zero-order chi connectivity index (χ0) is 11.9. The Balaban J connectivity index is 2.73. The van der Waals surface area contributed by atoms with Crippen molar-refractivity contribution in [3.05, 3.63) is 28.8 Å². The largest absolute Gasteiger partial charge is 0.476 e. The van der Waals surface area contributed by atoms with Gasteiger partial charge in [-0.05, 0) is 17.0 Å². The van der Waals surface area contributed by atoms with E-state index in [2.05, 4.69) is 25.8 Å². The first-order chi connectivity index (χ1) is 7.39. The molecule has 3 nitrogen and oxygen atoms in total. The molecule has 0 amide bonds. The monoisotopic (exact) mass is 235 g/mol. The van der Waals surface area contributed by atoms with Gasteiger partial charge in [-0.3, -0.25) is 0 Å². The molecule has 0 saturated heterocycles. The van der Waals surface area contributed by atoms with Gasteiger partial charge in [-0.15, -0.1) is 11.3 Å². The van der Waals surface area contributed by atoms with E-state index in [0.717, 1.165) is 15.8 Å². The second-order valence-electron chi connectivity index (χ2n) is 4.73. The minimum Gasteiger partial charge on any atom is -0.476 e. The number of aromatic carboxylic acids is 1. The highest BCUT2D eigenvalue weighted by Gasteiger charge is 2.20. The molecule has 16 heavy (non-hydrogen) atoms. The van der Waals surface area contributed by atoms with Crippen LogP contribution in [0.15, 0.2) is 18.2 Å². The van der Waals surface area contributed by atoms with Crippen LogP contribution < -0.4 is 0 Å². The Morgan fingerprint density at radius 1 is 1.38 bits per heavy atom.